The van der Waals surface area contributed by atoms with E-state index in [2.05, 4.69) is 0 Å². The largest absolute Gasteiger partial charge is 0.494 e. The first-order valence-corrected chi connectivity index (χ1v) is 10.4. The molecule has 0 bridgehead atoms. The summed E-state index contributed by atoms with van der Waals surface area (Å²) < 4.78 is 1.14. The quantitative estimate of drug-likeness (QED) is 0.463. The molecule has 3 aromatic carbocycles. The van der Waals surface area contributed by atoms with Gasteiger partial charge in [0.15, 0.2) is 5.78 Å². The fourth-order valence-corrected chi connectivity index (χ4v) is 4.20. The van der Waals surface area contributed by atoms with Crippen molar-refractivity contribution in [3.8, 4) is 11.9 Å². The summed E-state index contributed by atoms with van der Waals surface area (Å²) in [6, 6.07) is 24.1. The van der Waals surface area contributed by atoms with E-state index in [1.54, 1.807) is 6.92 Å². The van der Waals surface area contributed by atoms with Crippen LogP contribution in [-0.4, -0.2) is 15.5 Å². The average Bonchev–Trinajstić information content (AvgIpc) is 2.80. The second-order valence-corrected chi connectivity index (χ2v) is 7.81. The van der Waals surface area contributed by atoms with Gasteiger partial charge in [-0.05, 0) is 41.3 Å². The van der Waals surface area contributed by atoms with Crippen molar-refractivity contribution in [3.63, 3.8) is 0 Å². The Bertz CT molecular complexity index is 1420. The Labute approximate surface area is 185 Å². The van der Waals surface area contributed by atoms with Crippen molar-refractivity contribution >= 4 is 16.6 Å². The number of aromatic nitrogens is 1. The molecule has 0 amide bonds. The number of carbonyl (C=O) groups is 1. The highest BCUT2D eigenvalue weighted by atomic mass is 16.3. The van der Waals surface area contributed by atoms with Crippen LogP contribution < -0.4 is 5.56 Å². The van der Waals surface area contributed by atoms with E-state index < -0.39 is 17.5 Å². The molecule has 0 aliphatic heterocycles. The third kappa shape index (κ3) is 3.57. The van der Waals surface area contributed by atoms with E-state index in [9.17, 15) is 20.0 Å². The van der Waals surface area contributed by atoms with E-state index in [4.69, 9.17) is 0 Å². The lowest BCUT2D eigenvalue weighted by atomic mass is 9.94. The van der Waals surface area contributed by atoms with Crippen LogP contribution in [0.1, 0.15) is 45.6 Å². The van der Waals surface area contributed by atoms with Crippen LogP contribution in [0.15, 0.2) is 77.6 Å². The fourth-order valence-electron chi connectivity index (χ4n) is 4.20. The van der Waals surface area contributed by atoms with Crippen LogP contribution in [0, 0.1) is 18.3 Å². The Hall–Kier alpha value is -4.17. The number of hydrogen-bond donors (Lipinski definition) is 1. The number of aromatic hydroxyl groups is 1. The lowest BCUT2D eigenvalue weighted by Crippen LogP contribution is -2.29. The summed E-state index contributed by atoms with van der Waals surface area (Å²) in [5.74, 6) is -0.755. The molecule has 1 atom stereocenters. The second kappa shape index (κ2) is 8.52. The predicted octanol–water partition coefficient (Wildman–Crippen LogP) is 4.92. The maximum Gasteiger partial charge on any atom is 0.272 e. The number of rotatable bonds is 5. The van der Waals surface area contributed by atoms with Gasteiger partial charge in [0.2, 0.25) is 5.88 Å². The highest BCUT2D eigenvalue weighted by molar-refractivity contribution is 6.03. The van der Waals surface area contributed by atoms with Gasteiger partial charge in [-0.15, -0.1) is 0 Å². The molecule has 1 unspecified atom stereocenters. The minimum atomic E-state index is -0.611. The molecule has 1 heterocycles. The number of Topliss-reactive ketones (excluding diaryl/α,β-unsaturated/α-hetero) is 1. The first kappa shape index (κ1) is 21.1. The average molecular weight is 422 g/mol. The highest BCUT2D eigenvalue weighted by Gasteiger charge is 2.26. The summed E-state index contributed by atoms with van der Waals surface area (Å²) in [6.45, 7) is 3.29. The van der Waals surface area contributed by atoms with Gasteiger partial charge in [-0.2, -0.15) is 5.26 Å². The van der Waals surface area contributed by atoms with Gasteiger partial charge in [0, 0.05) is 6.42 Å². The van der Waals surface area contributed by atoms with Crippen LogP contribution in [0.25, 0.3) is 10.8 Å². The summed E-state index contributed by atoms with van der Waals surface area (Å²) in [7, 11) is 0. The number of hydrogen-bond acceptors (Lipinski definition) is 4. The number of fused-ring (bicyclic) bond motifs is 1. The van der Waals surface area contributed by atoms with Crippen LogP contribution in [0.3, 0.4) is 0 Å². The molecule has 32 heavy (non-hydrogen) atoms. The topological polar surface area (TPSA) is 83.1 Å². The van der Waals surface area contributed by atoms with E-state index in [0.29, 0.717) is 0 Å². The molecule has 158 valence electrons. The third-order valence-electron chi connectivity index (χ3n) is 5.93. The van der Waals surface area contributed by atoms with Gasteiger partial charge in [-0.1, -0.05) is 72.8 Å². The van der Waals surface area contributed by atoms with Crippen molar-refractivity contribution < 1.29 is 9.90 Å². The lowest BCUT2D eigenvalue weighted by molar-refractivity contribution is 0.0988. The van der Waals surface area contributed by atoms with Crippen LogP contribution >= 0.6 is 0 Å². The van der Waals surface area contributed by atoms with E-state index in [-0.39, 0.29) is 28.9 Å². The maximum atomic E-state index is 13.4. The smallest absolute Gasteiger partial charge is 0.272 e. The monoisotopic (exact) mass is 422 g/mol. The number of benzene rings is 3. The van der Waals surface area contributed by atoms with Crippen molar-refractivity contribution in [2.75, 3.05) is 0 Å². The van der Waals surface area contributed by atoms with Crippen LogP contribution in [0.4, 0.5) is 0 Å². The summed E-state index contributed by atoms with van der Waals surface area (Å²) in [4.78, 5) is 26.4. The third-order valence-corrected chi connectivity index (χ3v) is 5.93. The van der Waals surface area contributed by atoms with Crippen LogP contribution in [0.5, 0.6) is 5.88 Å². The molecule has 0 spiro atoms. The lowest BCUT2D eigenvalue weighted by Gasteiger charge is -2.21. The Balaban J connectivity index is 1.86. The van der Waals surface area contributed by atoms with Crippen LogP contribution in [0.2, 0.25) is 0 Å². The molecule has 0 aliphatic carbocycles. The van der Waals surface area contributed by atoms with Crippen molar-refractivity contribution in [2.24, 2.45) is 0 Å². The first-order valence-electron chi connectivity index (χ1n) is 10.4. The zero-order valence-corrected chi connectivity index (χ0v) is 17.9. The van der Waals surface area contributed by atoms with Gasteiger partial charge in [-0.3, -0.25) is 14.2 Å². The predicted molar refractivity (Wildman–Crippen MR) is 124 cm³/mol. The first-order chi connectivity index (χ1) is 15.4. The Morgan fingerprint density at radius 1 is 1.03 bits per heavy atom. The molecule has 0 fully saturated rings. The number of carbonyl (C=O) groups excluding carboxylic acids is 1. The summed E-state index contributed by atoms with van der Waals surface area (Å²) >= 11 is 0. The van der Waals surface area contributed by atoms with Gasteiger partial charge in [0.1, 0.15) is 11.6 Å². The standard InChI is InChI=1S/C27H22N2O3/c1-17-23(16-28)26(31)29(18(2)19-9-4-3-5-10-19)27(32)25(17)24(30)15-21-13-8-12-20-11-6-7-14-22(20)21/h3-14,18,32H,15H2,1-2H3. The number of nitriles is 1. The summed E-state index contributed by atoms with van der Waals surface area (Å²) in [6.07, 6.45) is 0.0402. The molecule has 0 aliphatic rings. The zero-order chi connectivity index (χ0) is 22.8. The van der Waals surface area contributed by atoms with Gasteiger partial charge in [0.05, 0.1) is 11.6 Å². The number of ketones is 1. The minimum Gasteiger partial charge on any atom is -0.494 e. The van der Waals surface area contributed by atoms with E-state index in [1.165, 1.54) is 6.92 Å². The molecule has 5 nitrogen and oxygen atoms in total. The van der Waals surface area contributed by atoms with Crippen LogP contribution in [-0.2, 0) is 6.42 Å². The van der Waals surface area contributed by atoms with Crippen molar-refractivity contribution in [2.45, 2.75) is 26.3 Å². The summed E-state index contributed by atoms with van der Waals surface area (Å²) in [5, 5.41) is 22.7. The van der Waals surface area contributed by atoms with Gasteiger partial charge < -0.3 is 5.11 Å². The molecule has 0 radical (unpaired) electrons. The molecular weight excluding hydrogens is 400 g/mol. The van der Waals surface area contributed by atoms with E-state index in [0.717, 1.165) is 26.5 Å². The normalized spacial score (nSPS) is 11.8. The Morgan fingerprint density at radius 3 is 2.41 bits per heavy atom. The summed E-state index contributed by atoms with van der Waals surface area (Å²) in [5.41, 5.74) is 1.07. The number of pyridine rings is 1. The Kier molecular flexibility index (Phi) is 5.61. The zero-order valence-electron chi connectivity index (χ0n) is 17.9. The van der Waals surface area contributed by atoms with Gasteiger partial charge >= 0.3 is 0 Å². The highest BCUT2D eigenvalue weighted by Crippen LogP contribution is 2.29. The van der Waals surface area contributed by atoms with E-state index >= 15 is 0 Å². The molecular formula is C27H22N2O3. The second-order valence-electron chi connectivity index (χ2n) is 7.81. The SMILES string of the molecule is Cc1c(C(=O)Cc2cccc3ccccc23)c(O)n(C(C)c2ccccc2)c(=O)c1C#N. The molecule has 4 rings (SSSR count). The molecule has 1 aromatic heterocycles. The van der Waals surface area contributed by atoms with Gasteiger partial charge in [-0.25, -0.2) is 0 Å². The minimum absolute atomic E-state index is 0.0110. The van der Waals surface area contributed by atoms with Gasteiger partial charge in [0.25, 0.3) is 5.56 Å². The van der Waals surface area contributed by atoms with Crippen molar-refractivity contribution in [1.29, 1.82) is 5.26 Å². The number of nitrogens with zero attached hydrogens (tertiary/aromatic N) is 2. The van der Waals surface area contributed by atoms with Crippen molar-refractivity contribution in [1.82, 2.24) is 4.57 Å². The molecule has 0 saturated heterocycles. The molecule has 4 aromatic rings. The van der Waals surface area contributed by atoms with E-state index in [1.807, 2.05) is 78.9 Å². The van der Waals surface area contributed by atoms with Crippen molar-refractivity contribution in [3.05, 3.63) is 111 Å². The molecule has 0 saturated carbocycles. The molecule has 1 N–H and O–H groups in total. The molecule has 5 heteroatoms. The fraction of sp³-hybridized carbons (Fsp3) is 0.148. The maximum absolute atomic E-state index is 13.4. The Morgan fingerprint density at radius 2 is 1.69 bits per heavy atom.